The zero-order valence-electron chi connectivity index (χ0n) is 12.0. The Morgan fingerprint density at radius 3 is 2.70 bits per heavy atom. The number of nitrogens with zero attached hydrogens (tertiary/aromatic N) is 1. The molecule has 0 atom stereocenters. The molecule has 0 saturated carbocycles. The van der Waals surface area contributed by atoms with Crippen LogP contribution in [0.25, 0.3) is 11.0 Å². The van der Waals surface area contributed by atoms with E-state index in [1.807, 2.05) is 0 Å². The summed E-state index contributed by atoms with van der Waals surface area (Å²) < 4.78 is 0. The summed E-state index contributed by atoms with van der Waals surface area (Å²) in [6.45, 7) is 0. The van der Waals surface area contributed by atoms with E-state index < -0.39 is 5.97 Å². The number of fused-ring (bicyclic) bond motifs is 1. The van der Waals surface area contributed by atoms with Crippen molar-refractivity contribution in [1.29, 1.82) is 0 Å². The maximum Gasteiger partial charge on any atom is 0.335 e. The van der Waals surface area contributed by atoms with E-state index in [9.17, 15) is 9.59 Å². The van der Waals surface area contributed by atoms with Crippen LogP contribution in [0.3, 0.4) is 0 Å². The molecule has 8 heteroatoms. The first-order valence-electron chi connectivity index (χ1n) is 6.86. The van der Waals surface area contributed by atoms with Crippen molar-refractivity contribution in [2.45, 2.75) is 11.3 Å². The number of carboxylic acid groups (broad SMARTS) is 1. The molecule has 0 amide bonds. The summed E-state index contributed by atoms with van der Waals surface area (Å²) in [6, 6.07) is 8.51. The minimum absolute atomic E-state index is 0.0868. The van der Waals surface area contributed by atoms with Gasteiger partial charge in [0.2, 0.25) is 5.95 Å². The summed E-state index contributed by atoms with van der Waals surface area (Å²) in [5.41, 5.74) is 6.91. The Morgan fingerprint density at radius 2 is 2.00 bits per heavy atom. The molecule has 3 aromatic rings. The van der Waals surface area contributed by atoms with Crippen LogP contribution in [0.5, 0.6) is 0 Å². The fourth-order valence-corrected chi connectivity index (χ4v) is 3.08. The second-order valence-corrected chi connectivity index (χ2v) is 6.10. The standard InChI is InChI=1S/C15H14N4O3S/c16-15-18-12-11(13(20)19-15)7-9(17-12)5-6-23-10-3-1-8(2-4-10)14(21)22/h1-4,7H,5-6H2,(H,21,22)(H4,16,17,18,19,20). The van der Waals surface area contributed by atoms with E-state index in [-0.39, 0.29) is 17.1 Å². The van der Waals surface area contributed by atoms with Gasteiger partial charge in [0.25, 0.3) is 5.56 Å². The van der Waals surface area contributed by atoms with Gasteiger partial charge in [-0.05, 0) is 36.8 Å². The molecule has 3 rings (SSSR count). The van der Waals surface area contributed by atoms with Gasteiger partial charge in [0, 0.05) is 16.3 Å². The highest BCUT2D eigenvalue weighted by molar-refractivity contribution is 7.99. The quantitative estimate of drug-likeness (QED) is 0.529. The highest BCUT2D eigenvalue weighted by Gasteiger charge is 2.07. The minimum atomic E-state index is -0.934. The normalized spacial score (nSPS) is 11.0. The van der Waals surface area contributed by atoms with Gasteiger partial charge in [0.1, 0.15) is 5.65 Å². The van der Waals surface area contributed by atoms with E-state index in [0.29, 0.717) is 11.0 Å². The molecule has 0 saturated heterocycles. The van der Waals surface area contributed by atoms with Crippen molar-refractivity contribution in [2.75, 3.05) is 11.5 Å². The smallest absolute Gasteiger partial charge is 0.335 e. The van der Waals surface area contributed by atoms with Crippen molar-refractivity contribution < 1.29 is 9.90 Å². The Bertz CT molecular complexity index is 915. The molecule has 1 aromatic carbocycles. The van der Waals surface area contributed by atoms with Crippen LogP contribution in [0, 0.1) is 0 Å². The molecule has 2 aromatic heterocycles. The van der Waals surface area contributed by atoms with E-state index >= 15 is 0 Å². The minimum Gasteiger partial charge on any atom is -0.478 e. The summed E-state index contributed by atoms with van der Waals surface area (Å²) in [4.78, 5) is 33.1. The number of carbonyl (C=O) groups is 1. The number of nitrogens with two attached hydrogens (primary N) is 1. The average Bonchev–Trinajstić information content (AvgIpc) is 2.91. The van der Waals surface area contributed by atoms with Crippen LogP contribution in [-0.2, 0) is 6.42 Å². The molecule has 118 valence electrons. The number of hydrogen-bond donors (Lipinski definition) is 4. The van der Waals surface area contributed by atoms with E-state index in [0.717, 1.165) is 22.8 Å². The fraction of sp³-hybridized carbons (Fsp3) is 0.133. The molecule has 0 spiro atoms. The SMILES string of the molecule is Nc1nc2[nH]c(CCSc3ccc(C(=O)O)cc3)cc2c(=O)[nH]1. The highest BCUT2D eigenvalue weighted by atomic mass is 32.2. The molecule has 23 heavy (non-hydrogen) atoms. The summed E-state index contributed by atoms with van der Waals surface area (Å²) in [7, 11) is 0. The number of rotatable bonds is 5. The van der Waals surface area contributed by atoms with Crippen molar-refractivity contribution >= 4 is 34.7 Å². The van der Waals surface area contributed by atoms with E-state index in [1.54, 1.807) is 42.1 Å². The van der Waals surface area contributed by atoms with Crippen LogP contribution in [0.2, 0.25) is 0 Å². The Hall–Kier alpha value is -2.74. The average molecular weight is 330 g/mol. The first kappa shape index (κ1) is 15.2. The number of aromatic nitrogens is 3. The second kappa shape index (κ2) is 6.17. The summed E-state index contributed by atoms with van der Waals surface area (Å²) in [5.74, 6) is -0.0625. The lowest BCUT2D eigenvalue weighted by Gasteiger charge is -2.01. The molecule has 0 fully saturated rings. The first-order valence-corrected chi connectivity index (χ1v) is 7.85. The lowest BCUT2D eigenvalue weighted by atomic mass is 10.2. The van der Waals surface area contributed by atoms with E-state index in [4.69, 9.17) is 10.8 Å². The van der Waals surface area contributed by atoms with Gasteiger partial charge in [-0.25, -0.2) is 4.79 Å². The van der Waals surface area contributed by atoms with Crippen LogP contribution in [0.4, 0.5) is 5.95 Å². The van der Waals surface area contributed by atoms with Crippen molar-refractivity contribution in [3.63, 3.8) is 0 Å². The predicted molar refractivity (Wildman–Crippen MR) is 89.0 cm³/mol. The molecular weight excluding hydrogens is 316 g/mol. The van der Waals surface area contributed by atoms with Gasteiger partial charge >= 0.3 is 5.97 Å². The largest absolute Gasteiger partial charge is 0.478 e. The van der Waals surface area contributed by atoms with Gasteiger partial charge in [0.15, 0.2) is 0 Å². The van der Waals surface area contributed by atoms with Gasteiger partial charge in [-0.3, -0.25) is 9.78 Å². The molecule has 2 heterocycles. The number of aryl methyl sites for hydroxylation is 1. The van der Waals surface area contributed by atoms with Gasteiger partial charge in [-0.15, -0.1) is 11.8 Å². The Morgan fingerprint density at radius 1 is 1.26 bits per heavy atom. The number of aromatic amines is 2. The lowest BCUT2D eigenvalue weighted by Crippen LogP contribution is -2.09. The van der Waals surface area contributed by atoms with Crippen LogP contribution in [0.15, 0.2) is 40.0 Å². The number of hydrogen-bond acceptors (Lipinski definition) is 5. The summed E-state index contributed by atoms with van der Waals surface area (Å²) >= 11 is 1.61. The maximum absolute atomic E-state index is 11.7. The molecule has 5 N–H and O–H groups in total. The number of aromatic carboxylic acids is 1. The third kappa shape index (κ3) is 3.37. The number of thioether (sulfide) groups is 1. The molecule has 0 radical (unpaired) electrons. The number of carboxylic acids is 1. The van der Waals surface area contributed by atoms with Gasteiger partial charge < -0.3 is 15.8 Å². The van der Waals surface area contributed by atoms with Crippen molar-refractivity contribution in [2.24, 2.45) is 0 Å². The number of nitrogen functional groups attached to an aromatic ring is 1. The summed E-state index contributed by atoms with van der Waals surface area (Å²) in [5, 5.41) is 9.35. The van der Waals surface area contributed by atoms with Crippen LogP contribution in [-0.4, -0.2) is 31.8 Å². The van der Waals surface area contributed by atoms with E-state index in [2.05, 4.69) is 15.0 Å². The molecule has 7 nitrogen and oxygen atoms in total. The van der Waals surface area contributed by atoms with Gasteiger partial charge in [-0.1, -0.05) is 0 Å². The molecule has 0 aliphatic heterocycles. The van der Waals surface area contributed by atoms with Crippen molar-refractivity contribution in [1.82, 2.24) is 15.0 Å². The first-order chi connectivity index (χ1) is 11.0. The third-order valence-corrected chi connectivity index (χ3v) is 4.33. The van der Waals surface area contributed by atoms with Crippen molar-refractivity contribution in [3.05, 3.63) is 51.9 Å². The zero-order chi connectivity index (χ0) is 16.4. The van der Waals surface area contributed by atoms with E-state index in [1.165, 1.54) is 0 Å². The third-order valence-electron chi connectivity index (χ3n) is 3.31. The number of benzene rings is 1. The Balaban J connectivity index is 1.65. The number of H-pyrrole nitrogens is 2. The van der Waals surface area contributed by atoms with Crippen LogP contribution < -0.4 is 11.3 Å². The fourth-order valence-electron chi connectivity index (χ4n) is 2.20. The Labute approximate surface area is 134 Å². The van der Waals surface area contributed by atoms with Gasteiger partial charge in [0.05, 0.1) is 10.9 Å². The van der Waals surface area contributed by atoms with Crippen LogP contribution in [0.1, 0.15) is 16.1 Å². The summed E-state index contributed by atoms with van der Waals surface area (Å²) in [6.07, 6.45) is 0.723. The molecule has 0 aliphatic rings. The van der Waals surface area contributed by atoms with Gasteiger partial charge in [-0.2, -0.15) is 4.98 Å². The number of nitrogens with one attached hydrogen (secondary N) is 2. The molecule has 0 bridgehead atoms. The molecular formula is C15H14N4O3S. The molecule has 0 unspecified atom stereocenters. The monoisotopic (exact) mass is 330 g/mol. The van der Waals surface area contributed by atoms with Crippen molar-refractivity contribution in [3.8, 4) is 0 Å². The Kier molecular flexibility index (Phi) is 4.07. The second-order valence-electron chi connectivity index (χ2n) is 4.94. The maximum atomic E-state index is 11.7. The molecule has 0 aliphatic carbocycles. The number of anilines is 1. The lowest BCUT2D eigenvalue weighted by molar-refractivity contribution is 0.0697. The predicted octanol–water partition coefficient (Wildman–Crippen LogP) is 1.87. The van der Waals surface area contributed by atoms with Crippen LogP contribution >= 0.6 is 11.8 Å². The zero-order valence-corrected chi connectivity index (χ0v) is 12.8. The topological polar surface area (TPSA) is 125 Å². The highest BCUT2D eigenvalue weighted by Crippen LogP contribution is 2.20.